The van der Waals surface area contributed by atoms with Crippen LogP contribution in [0, 0.1) is 13.8 Å². The third-order valence-electron chi connectivity index (χ3n) is 7.44. The maximum Gasteiger partial charge on any atom is 0.247 e. The Bertz CT molecular complexity index is 1360. The lowest BCUT2D eigenvalue weighted by atomic mass is 10.0. The largest absolute Gasteiger partial charge is 0.490 e. The summed E-state index contributed by atoms with van der Waals surface area (Å²) in [5.74, 6) is 0.888. The van der Waals surface area contributed by atoms with E-state index in [1.807, 2.05) is 23.1 Å². The molecule has 1 aliphatic carbocycles. The Morgan fingerprint density at radius 2 is 1.65 bits per heavy atom. The fraction of sp³-hybridized carbons (Fsp3) is 0.355. The predicted molar refractivity (Wildman–Crippen MR) is 158 cm³/mol. The molecule has 1 heterocycles. The van der Waals surface area contributed by atoms with Gasteiger partial charge in [0.1, 0.15) is 25.0 Å². The van der Waals surface area contributed by atoms with Gasteiger partial charge in [0.25, 0.3) is 0 Å². The summed E-state index contributed by atoms with van der Waals surface area (Å²) in [7, 11) is 0. The van der Waals surface area contributed by atoms with E-state index in [1.54, 1.807) is 35.2 Å². The summed E-state index contributed by atoms with van der Waals surface area (Å²) >= 11 is 12.3. The number of nitrogens with zero attached hydrogens (tertiary/aromatic N) is 2. The van der Waals surface area contributed by atoms with Gasteiger partial charge in [-0.15, -0.1) is 0 Å². The van der Waals surface area contributed by atoms with Gasteiger partial charge in [-0.25, -0.2) is 0 Å². The van der Waals surface area contributed by atoms with Crippen LogP contribution in [0.25, 0.3) is 0 Å². The first-order chi connectivity index (χ1) is 19.3. The number of rotatable bonds is 10. The predicted octanol–water partition coefficient (Wildman–Crippen LogP) is 5.56. The van der Waals surface area contributed by atoms with E-state index < -0.39 is 6.04 Å². The number of hydrogen-bond acceptors (Lipinski definition) is 5. The zero-order valence-corrected chi connectivity index (χ0v) is 24.2. The Morgan fingerprint density at radius 1 is 0.975 bits per heavy atom. The molecule has 1 saturated carbocycles. The standard InChI is InChI=1S/C31H33Cl2N3O4/c1-20-5-3-6-22(21(20)2)19-35(23-9-10-23)31(38)28-17-34-18-29(37)36(28)24-11-13-25(14-12-24)39-15-16-40-30-26(32)7-4-8-27(30)33/h3-8,11-14,23,28,34H,9-10,15-19H2,1-2H3/t28-/m1/s1. The molecule has 1 aliphatic heterocycles. The van der Waals surface area contributed by atoms with Gasteiger partial charge in [-0.2, -0.15) is 0 Å². The summed E-state index contributed by atoms with van der Waals surface area (Å²) in [4.78, 5) is 30.6. The molecule has 2 amide bonds. The van der Waals surface area contributed by atoms with Gasteiger partial charge in [0.2, 0.25) is 11.8 Å². The molecule has 7 nitrogen and oxygen atoms in total. The minimum absolute atomic E-state index is 0.0281. The number of hydrogen-bond donors (Lipinski definition) is 1. The molecule has 5 rings (SSSR count). The summed E-state index contributed by atoms with van der Waals surface area (Å²) in [5, 5.41) is 4.02. The van der Waals surface area contributed by atoms with Crippen molar-refractivity contribution in [1.82, 2.24) is 10.2 Å². The molecule has 210 valence electrons. The molecule has 2 fully saturated rings. The van der Waals surface area contributed by atoms with E-state index in [1.165, 1.54) is 11.1 Å². The van der Waals surface area contributed by atoms with Crippen LogP contribution in [-0.2, 0) is 16.1 Å². The summed E-state index contributed by atoms with van der Waals surface area (Å²) in [5.41, 5.74) is 4.22. The van der Waals surface area contributed by atoms with E-state index in [0.29, 0.717) is 40.3 Å². The maximum atomic E-state index is 14.0. The number of carbonyl (C=O) groups excluding carboxylic acids is 2. The number of ether oxygens (including phenoxy) is 2. The monoisotopic (exact) mass is 581 g/mol. The second-order valence-electron chi connectivity index (χ2n) is 10.2. The van der Waals surface area contributed by atoms with Crippen molar-refractivity contribution in [3.05, 3.63) is 87.4 Å². The summed E-state index contributed by atoms with van der Waals surface area (Å²) in [6, 6.07) is 18.2. The third-order valence-corrected chi connectivity index (χ3v) is 8.04. The molecule has 0 spiro atoms. The number of anilines is 1. The molecule has 1 N–H and O–H groups in total. The van der Waals surface area contributed by atoms with Gasteiger partial charge < -0.3 is 19.7 Å². The first-order valence-electron chi connectivity index (χ1n) is 13.5. The summed E-state index contributed by atoms with van der Waals surface area (Å²) in [6.45, 7) is 5.86. The van der Waals surface area contributed by atoms with Crippen molar-refractivity contribution < 1.29 is 19.1 Å². The fourth-order valence-corrected chi connectivity index (χ4v) is 5.45. The van der Waals surface area contributed by atoms with Crippen molar-refractivity contribution in [2.75, 3.05) is 31.2 Å². The number of halogens is 2. The molecule has 3 aromatic carbocycles. The Balaban J connectivity index is 1.25. The Morgan fingerprint density at radius 3 is 2.35 bits per heavy atom. The maximum absolute atomic E-state index is 14.0. The highest BCUT2D eigenvalue weighted by Crippen LogP contribution is 2.33. The van der Waals surface area contributed by atoms with Crippen molar-refractivity contribution in [2.24, 2.45) is 0 Å². The molecule has 0 unspecified atom stereocenters. The highest BCUT2D eigenvalue weighted by atomic mass is 35.5. The van der Waals surface area contributed by atoms with E-state index in [0.717, 1.165) is 18.4 Å². The first kappa shape index (κ1) is 28.3. The molecule has 3 aromatic rings. The van der Waals surface area contributed by atoms with Gasteiger partial charge in [-0.1, -0.05) is 47.5 Å². The summed E-state index contributed by atoms with van der Waals surface area (Å²) in [6.07, 6.45) is 1.98. The van der Waals surface area contributed by atoms with Crippen LogP contribution >= 0.6 is 23.2 Å². The molecule has 0 bridgehead atoms. The quantitative estimate of drug-likeness (QED) is 0.317. The van der Waals surface area contributed by atoms with E-state index >= 15 is 0 Å². The van der Waals surface area contributed by atoms with E-state index in [-0.39, 0.29) is 37.6 Å². The molecule has 0 radical (unpaired) electrons. The topological polar surface area (TPSA) is 71.1 Å². The van der Waals surface area contributed by atoms with Gasteiger partial charge >= 0.3 is 0 Å². The van der Waals surface area contributed by atoms with Crippen LogP contribution in [0.2, 0.25) is 10.0 Å². The smallest absolute Gasteiger partial charge is 0.247 e. The zero-order chi connectivity index (χ0) is 28.2. The summed E-state index contributed by atoms with van der Waals surface area (Å²) < 4.78 is 11.5. The number of carbonyl (C=O) groups is 2. The van der Waals surface area contributed by atoms with Gasteiger partial charge in [0, 0.05) is 24.8 Å². The zero-order valence-electron chi connectivity index (χ0n) is 22.7. The molecule has 40 heavy (non-hydrogen) atoms. The van der Waals surface area contributed by atoms with Gasteiger partial charge in [0.05, 0.1) is 16.6 Å². The number of aryl methyl sites for hydroxylation is 1. The molecule has 9 heteroatoms. The van der Waals surface area contributed by atoms with Gasteiger partial charge in [-0.05, 0) is 79.8 Å². The van der Waals surface area contributed by atoms with Crippen molar-refractivity contribution in [1.29, 1.82) is 0 Å². The van der Waals surface area contributed by atoms with Crippen LogP contribution < -0.4 is 19.7 Å². The van der Waals surface area contributed by atoms with E-state index in [9.17, 15) is 9.59 Å². The Kier molecular flexibility index (Phi) is 8.84. The molecule has 2 aliphatic rings. The second-order valence-corrected chi connectivity index (χ2v) is 11.0. The molecule has 1 saturated heterocycles. The van der Waals surface area contributed by atoms with E-state index in [2.05, 4.69) is 31.3 Å². The van der Waals surface area contributed by atoms with Crippen LogP contribution in [0.3, 0.4) is 0 Å². The molecular formula is C31H33Cl2N3O4. The van der Waals surface area contributed by atoms with Gasteiger partial charge in [-0.3, -0.25) is 14.5 Å². The number of nitrogens with one attached hydrogen (secondary N) is 1. The van der Waals surface area contributed by atoms with Crippen LogP contribution in [0.15, 0.2) is 60.7 Å². The van der Waals surface area contributed by atoms with Crippen LogP contribution in [-0.4, -0.2) is 55.1 Å². The number of piperazine rings is 1. The first-order valence-corrected chi connectivity index (χ1v) is 14.3. The fourth-order valence-electron chi connectivity index (χ4n) is 4.95. The lowest BCUT2D eigenvalue weighted by molar-refractivity contribution is -0.136. The minimum atomic E-state index is -0.618. The second kappa shape index (κ2) is 12.5. The highest BCUT2D eigenvalue weighted by Gasteiger charge is 2.41. The minimum Gasteiger partial charge on any atom is -0.490 e. The van der Waals surface area contributed by atoms with Crippen LogP contribution in [0.5, 0.6) is 11.5 Å². The molecular weight excluding hydrogens is 549 g/mol. The van der Waals surface area contributed by atoms with Crippen molar-refractivity contribution in [3.63, 3.8) is 0 Å². The van der Waals surface area contributed by atoms with Crippen molar-refractivity contribution in [2.45, 2.75) is 45.3 Å². The molecule has 1 atom stereocenters. The number of benzene rings is 3. The number of amides is 2. The Hall–Kier alpha value is -3.26. The van der Waals surface area contributed by atoms with Crippen molar-refractivity contribution in [3.8, 4) is 11.5 Å². The molecule has 0 aromatic heterocycles. The number of para-hydroxylation sites is 1. The lowest BCUT2D eigenvalue weighted by Crippen LogP contribution is -2.61. The lowest BCUT2D eigenvalue weighted by Gasteiger charge is -2.38. The van der Waals surface area contributed by atoms with Gasteiger partial charge in [0.15, 0.2) is 5.75 Å². The van der Waals surface area contributed by atoms with E-state index in [4.69, 9.17) is 32.7 Å². The SMILES string of the molecule is Cc1cccc(CN(C(=O)[C@H]2CNCC(=O)N2c2ccc(OCCOc3c(Cl)cccc3Cl)cc2)C2CC2)c1C. The van der Waals surface area contributed by atoms with Crippen LogP contribution in [0.1, 0.15) is 29.5 Å². The highest BCUT2D eigenvalue weighted by molar-refractivity contribution is 6.37. The van der Waals surface area contributed by atoms with Crippen molar-refractivity contribution >= 4 is 40.7 Å². The average Bonchev–Trinajstić information content (AvgIpc) is 3.79. The average molecular weight is 583 g/mol. The van der Waals surface area contributed by atoms with Crippen LogP contribution in [0.4, 0.5) is 5.69 Å². The Labute approximate surface area is 245 Å². The normalized spacial score (nSPS) is 17.1. The third kappa shape index (κ3) is 6.38.